The van der Waals surface area contributed by atoms with Crippen molar-refractivity contribution in [3.63, 3.8) is 0 Å². The first-order chi connectivity index (χ1) is 29.2. The number of benzene rings is 9. The highest BCUT2D eigenvalue weighted by atomic mass is 14.1. The van der Waals surface area contributed by atoms with Crippen LogP contribution in [0.4, 0.5) is 0 Å². The zero-order valence-corrected chi connectivity index (χ0v) is 35.8. The first-order valence-electron chi connectivity index (χ1n) is 20.9. The van der Waals surface area contributed by atoms with E-state index in [0.29, 0.717) is 0 Å². The van der Waals surface area contributed by atoms with Crippen molar-refractivity contribution < 1.29 is 0 Å². The monoisotopic (exact) mass is 774 g/mol. The Bertz CT molecular complexity index is 2750. The Balaban J connectivity index is 0.000000136. The minimum absolute atomic E-state index is 1.27. The second kappa shape index (κ2) is 19.6. The summed E-state index contributed by atoms with van der Waals surface area (Å²) in [5, 5.41) is 0. The van der Waals surface area contributed by atoms with Crippen LogP contribution < -0.4 is 0 Å². The van der Waals surface area contributed by atoms with Crippen LogP contribution >= 0.6 is 0 Å². The van der Waals surface area contributed by atoms with Crippen molar-refractivity contribution in [3.8, 4) is 66.8 Å². The highest BCUT2D eigenvalue weighted by molar-refractivity contribution is 5.86. The Kier molecular flexibility index (Phi) is 13.5. The third-order valence-corrected chi connectivity index (χ3v) is 10.9. The zero-order valence-electron chi connectivity index (χ0n) is 35.8. The Labute approximate surface area is 358 Å². The summed E-state index contributed by atoms with van der Waals surface area (Å²) in [7, 11) is 0. The van der Waals surface area contributed by atoms with E-state index in [9.17, 15) is 0 Å². The van der Waals surface area contributed by atoms with Gasteiger partial charge in [-0.2, -0.15) is 0 Å². The fraction of sp³-hybridized carbons (Fsp3) is 0.100. The molecule has 0 unspecified atom stereocenters. The molecule has 9 rings (SSSR count). The largest absolute Gasteiger partial charge is 0.0620 e. The molecular weight excluding hydrogens is 721 g/mol. The van der Waals surface area contributed by atoms with Crippen molar-refractivity contribution in [1.82, 2.24) is 0 Å². The molecule has 0 atom stereocenters. The molecule has 9 aromatic rings. The van der Waals surface area contributed by atoms with Gasteiger partial charge < -0.3 is 0 Å². The minimum Gasteiger partial charge on any atom is -0.0620 e. The Morgan fingerprint density at radius 1 is 0.183 bits per heavy atom. The summed E-state index contributed by atoms with van der Waals surface area (Å²) in [5.74, 6) is 0. The SMILES string of the molecule is Cc1ccc(-c2ccccc2-c2cccc(C)c2)cc1.Cc1cccc(-c2ccccc2-c2cccc(C)c2)c1.Cc1cccc(-c2ccccc2-c2ccccc2C)c1. The van der Waals surface area contributed by atoms with Crippen LogP contribution in [0.1, 0.15) is 33.4 Å². The van der Waals surface area contributed by atoms with Crippen molar-refractivity contribution in [3.05, 3.63) is 252 Å². The van der Waals surface area contributed by atoms with Gasteiger partial charge in [0.2, 0.25) is 0 Å². The molecule has 0 saturated carbocycles. The van der Waals surface area contributed by atoms with Gasteiger partial charge in [-0.1, -0.05) is 246 Å². The molecule has 0 amide bonds. The van der Waals surface area contributed by atoms with Crippen LogP contribution in [-0.4, -0.2) is 0 Å². The lowest BCUT2D eigenvalue weighted by Crippen LogP contribution is -1.88. The average molecular weight is 775 g/mol. The average Bonchev–Trinajstić information content (AvgIpc) is 3.27. The van der Waals surface area contributed by atoms with Gasteiger partial charge in [0.1, 0.15) is 0 Å². The number of hydrogen-bond donors (Lipinski definition) is 0. The topological polar surface area (TPSA) is 0 Å². The fourth-order valence-electron chi connectivity index (χ4n) is 7.80. The Morgan fingerprint density at radius 3 is 0.800 bits per heavy atom. The smallest absolute Gasteiger partial charge is 0.0103 e. The predicted molar refractivity (Wildman–Crippen MR) is 260 cm³/mol. The van der Waals surface area contributed by atoms with E-state index in [4.69, 9.17) is 0 Å². The van der Waals surface area contributed by atoms with Gasteiger partial charge in [-0.3, -0.25) is 0 Å². The summed E-state index contributed by atoms with van der Waals surface area (Å²) in [6.07, 6.45) is 0. The van der Waals surface area contributed by atoms with Crippen LogP contribution in [0.15, 0.2) is 218 Å². The lowest BCUT2D eigenvalue weighted by molar-refractivity contribution is 1.44. The molecule has 0 heteroatoms. The van der Waals surface area contributed by atoms with Crippen LogP contribution in [0.25, 0.3) is 66.8 Å². The minimum atomic E-state index is 1.27. The number of hydrogen-bond acceptors (Lipinski definition) is 0. The summed E-state index contributed by atoms with van der Waals surface area (Å²) >= 11 is 0. The molecule has 0 N–H and O–H groups in total. The summed E-state index contributed by atoms with van der Waals surface area (Å²) in [6.45, 7) is 12.8. The lowest BCUT2D eigenvalue weighted by Gasteiger charge is -2.12. The molecule has 0 aliphatic heterocycles. The van der Waals surface area contributed by atoms with Gasteiger partial charge in [0.05, 0.1) is 0 Å². The lowest BCUT2D eigenvalue weighted by atomic mass is 9.92. The summed E-state index contributed by atoms with van der Waals surface area (Å²) < 4.78 is 0. The fourth-order valence-corrected chi connectivity index (χ4v) is 7.80. The van der Waals surface area contributed by atoms with Crippen molar-refractivity contribution in [2.75, 3.05) is 0 Å². The van der Waals surface area contributed by atoms with Crippen molar-refractivity contribution in [2.45, 2.75) is 41.5 Å². The van der Waals surface area contributed by atoms with E-state index >= 15 is 0 Å². The molecule has 0 radical (unpaired) electrons. The third kappa shape index (κ3) is 10.3. The molecule has 0 aromatic heterocycles. The van der Waals surface area contributed by atoms with Gasteiger partial charge in [0, 0.05) is 0 Å². The van der Waals surface area contributed by atoms with Gasteiger partial charge in [-0.25, -0.2) is 0 Å². The van der Waals surface area contributed by atoms with Crippen LogP contribution in [0.3, 0.4) is 0 Å². The van der Waals surface area contributed by atoms with E-state index < -0.39 is 0 Å². The number of aryl methyl sites for hydroxylation is 6. The predicted octanol–water partition coefficient (Wildman–Crippen LogP) is 16.9. The Morgan fingerprint density at radius 2 is 0.467 bits per heavy atom. The van der Waals surface area contributed by atoms with Gasteiger partial charge >= 0.3 is 0 Å². The quantitative estimate of drug-likeness (QED) is 0.158. The van der Waals surface area contributed by atoms with Crippen LogP contribution in [-0.2, 0) is 0 Å². The highest BCUT2D eigenvalue weighted by Crippen LogP contribution is 2.35. The number of rotatable bonds is 6. The standard InChI is InChI=1S/3C20H18/c1-15-7-5-9-17(13-15)19-11-3-4-12-20(19)18-10-6-8-16(2)14-18;1-15-8-7-10-17(14-15)19-12-5-6-13-20(19)18-11-4-3-9-16(18)2;1-15-10-12-17(13-11-15)19-8-3-4-9-20(19)18-7-5-6-16(2)14-18/h3*3-14H,1-2H3. The van der Waals surface area contributed by atoms with E-state index in [1.807, 2.05) is 0 Å². The highest BCUT2D eigenvalue weighted by Gasteiger charge is 2.10. The van der Waals surface area contributed by atoms with E-state index in [-0.39, 0.29) is 0 Å². The second-order valence-electron chi connectivity index (χ2n) is 15.8. The normalized spacial score (nSPS) is 10.5. The molecule has 294 valence electrons. The van der Waals surface area contributed by atoms with E-state index in [2.05, 4.69) is 260 Å². The third-order valence-electron chi connectivity index (χ3n) is 10.9. The van der Waals surface area contributed by atoms with Gasteiger partial charge in [0.15, 0.2) is 0 Å². The molecule has 0 aliphatic rings. The van der Waals surface area contributed by atoms with Crippen molar-refractivity contribution in [1.29, 1.82) is 0 Å². The van der Waals surface area contributed by atoms with Crippen molar-refractivity contribution >= 4 is 0 Å². The summed E-state index contributed by atoms with van der Waals surface area (Å²) in [4.78, 5) is 0. The molecule has 60 heavy (non-hydrogen) atoms. The summed E-state index contributed by atoms with van der Waals surface area (Å²) in [5.41, 5.74) is 23.2. The van der Waals surface area contributed by atoms with Crippen LogP contribution in [0, 0.1) is 41.5 Å². The second-order valence-corrected chi connectivity index (χ2v) is 15.8. The van der Waals surface area contributed by atoms with Gasteiger partial charge in [-0.05, 0) is 114 Å². The maximum absolute atomic E-state index is 2.25. The van der Waals surface area contributed by atoms with Gasteiger partial charge in [-0.15, -0.1) is 0 Å². The van der Waals surface area contributed by atoms with E-state index in [0.717, 1.165) is 0 Å². The Hall–Kier alpha value is -7.02. The van der Waals surface area contributed by atoms with Crippen molar-refractivity contribution in [2.24, 2.45) is 0 Å². The van der Waals surface area contributed by atoms with Crippen LogP contribution in [0.2, 0.25) is 0 Å². The molecule has 0 saturated heterocycles. The maximum atomic E-state index is 2.25. The molecule has 9 aromatic carbocycles. The molecule has 0 aliphatic carbocycles. The molecule has 0 spiro atoms. The first kappa shape index (κ1) is 41.2. The molecule has 0 heterocycles. The van der Waals surface area contributed by atoms with E-state index in [1.54, 1.807) is 0 Å². The van der Waals surface area contributed by atoms with Crippen LogP contribution in [0.5, 0.6) is 0 Å². The molecule has 0 fully saturated rings. The summed E-state index contributed by atoms with van der Waals surface area (Å²) in [6, 6.07) is 77.9. The first-order valence-corrected chi connectivity index (χ1v) is 20.9. The maximum Gasteiger partial charge on any atom is -0.0103 e. The molecule has 0 bridgehead atoms. The zero-order chi connectivity index (χ0) is 41.8. The molecular formula is C60H54. The molecule has 0 nitrogen and oxygen atoms in total. The van der Waals surface area contributed by atoms with E-state index in [1.165, 1.54) is 100 Å². The van der Waals surface area contributed by atoms with Gasteiger partial charge in [0.25, 0.3) is 0 Å².